The van der Waals surface area contributed by atoms with Gasteiger partial charge in [0.2, 0.25) is 0 Å². The fourth-order valence-corrected chi connectivity index (χ4v) is 4.74. The van der Waals surface area contributed by atoms with Crippen molar-refractivity contribution in [2.75, 3.05) is 20.2 Å². The van der Waals surface area contributed by atoms with Crippen LogP contribution in [0.5, 0.6) is 5.75 Å². The van der Waals surface area contributed by atoms with Crippen LogP contribution in [-0.4, -0.2) is 36.5 Å². The Bertz CT molecular complexity index is 1040. The Morgan fingerprint density at radius 2 is 1.50 bits per heavy atom. The van der Waals surface area contributed by atoms with Gasteiger partial charge in [-0.3, -0.25) is 9.69 Å². The van der Waals surface area contributed by atoms with Gasteiger partial charge in [0.15, 0.2) is 0 Å². The molecule has 1 aliphatic rings. The summed E-state index contributed by atoms with van der Waals surface area (Å²) in [5.74, 6) is -1.96. The SMILES string of the molecule is COc1cc(C(F)(F)F)cc(C(F)(F)F)c1C(=O)NC(c1ccccc1)C(C)(C)N1CCCCCC1. The molecule has 0 spiro atoms. The molecule has 0 radical (unpaired) electrons. The van der Waals surface area contributed by atoms with Crippen LogP contribution in [0.15, 0.2) is 42.5 Å². The number of hydrogen-bond acceptors (Lipinski definition) is 3. The maximum atomic E-state index is 13.9. The number of hydrogen-bond donors (Lipinski definition) is 1. The molecule has 0 bridgehead atoms. The van der Waals surface area contributed by atoms with Crippen LogP contribution >= 0.6 is 0 Å². The van der Waals surface area contributed by atoms with Gasteiger partial charge in [0.1, 0.15) is 5.75 Å². The molecule has 1 amide bonds. The second-order valence-corrected chi connectivity index (χ2v) is 9.47. The third-order valence-electron chi connectivity index (χ3n) is 6.72. The normalized spacial score (nSPS) is 16.8. The minimum absolute atomic E-state index is 0.0467. The number of alkyl halides is 6. The van der Waals surface area contributed by atoms with E-state index < -0.39 is 52.3 Å². The predicted molar refractivity (Wildman–Crippen MR) is 124 cm³/mol. The molecule has 1 unspecified atom stereocenters. The van der Waals surface area contributed by atoms with Crippen LogP contribution in [0.1, 0.15) is 72.6 Å². The summed E-state index contributed by atoms with van der Waals surface area (Å²) < 4.78 is 86.5. The molecule has 3 rings (SSSR count). The van der Waals surface area contributed by atoms with Crippen LogP contribution in [0.25, 0.3) is 0 Å². The number of benzene rings is 2. The number of halogens is 6. The van der Waals surface area contributed by atoms with Gasteiger partial charge in [0, 0.05) is 5.54 Å². The van der Waals surface area contributed by atoms with Crippen LogP contribution in [0.2, 0.25) is 0 Å². The molecule has 0 saturated carbocycles. The standard InChI is InChI=1S/C26H30F6N2O2/c1-24(2,34-13-9-4-5-10-14-34)22(17-11-7-6-8-12-17)33-23(35)21-19(26(30,31)32)15-18(25(27,28)29)16-20(21)36-3/h6-8,11-12,15-16,22H,4-5,9-10,13-14H2,1-3H3,(H,33,35). The van der Waals surface area contributed by atoms with Crippen molar-refractivity contribution < 1.29 is 35.9 Å². The number of nitrogens with zero attached hydrogens (tertiary/aromatic N) is 1. The van der Waals surface area contributed by atoms with Crippen molar-refractivity contribution in [3.63, 3.8) is 0 Å². The Kier molecular flexibility index (Phi) is 8.27. The zero-order chi connectivity index (χ0) is 26.7. The second kappa shape index (κ2) is 10.7. The van der Waals surface area contributed by atoms with Gasteiger partial charge >= 0.3 is 12.4 Å². The highest BCUT2D eigenvalue weighted by atomic mass is 19.4. The molecule has 1 fully saturated rings. The van der Waals surface area contributed by atoms with E-state index in [2.05, 4.69) is 10.2 Å². The van der Waals surface area contributed by atoms with E-state index in [-0.39, 0.29) is 6.07 Å². The summed E-state index contributed by atoms with van der Waals surface area (Å²) in [6.07, 6.45) is -6.25. The van der Waals surface area contributed by atoms with E-state index in [1.54, 1.807) is 30.3 Å². The molecule has 198 valence electrons. The molecule has 0 aromatic heterocycles. The largest absolute Gasteiger partial charge is 0.496 e. The summed E-state index contributed by atoms with van der Waals surface area (Å²) in [6.45, 7) is 5.32. The Morgan fingerprint density at radius 3 is 2.00 bits per heavy atom. The lowest BCUT2D eigenvalue weighted by molar-refractivity contribution is -0.143. The zero-order valence-corrected chi connectivity index (χ0v) is 20.4. The van der Waals surface area contributed by atoms with Gasteiger partial charge in [-0.25, -0.2) is 0 Å². The van der Waals surface area contributed by atoms with Gasteiger partial charge in [-0.2, -0.15) is 26.3 Å². The van der Waals surface area contributed by atoms with E-state index in [0.29, 0.717) is 11.6 Å². The van der Waals surface area contributed by atoms with Crippen molar-refractivity contribution in [2.24, 2.45) is 0 Å². The monoisotopic (exact) mass is 516 g/mol. The Morgan fingerprint density at radius 1 is 0.917 bits per heavy atom. The molecule has 1 saturated heterocycles. The van der Waals surface area contributed by atoms with Gasteiger partial charge in [0.25, 0.3) is 5.91 Å². The molecule has 1 atom stereocenters. The van der Waals surface area contributed by atoms with Gasteiger partial charge in [0.05, 0.1) is 29.8 Å². The number of amides is 1. The number of carbonyl (C=O) groups is 1. The summed E-state index contributed by atoms with van der Waals surface area (Å²) in [5, 5.41) is 2.71. The smallest absolute Gasteiger partial charge is 0.417 e. The summed E-state index contributed by atoms with van der Waals surface area (Å²) in [7, 11) is 0.933. The van der Waals surface area contributed by atoms with Crippen LogP contribution in [0, 0.1) is 0 Å². The molecule has 0 aliphatic carbocycles. The molecule has 36 heavy (non-hydrogen) atoms. The Balaban J connectivity index is 2.10. The molecule has 2 aromatic carbocycles. The van der Waals surface area contributed by atoms with E-state index >= 15 is 0 Å². The minimum Gasteiger partial charge on any atom is -0.496 e. The molecular formula is C26H30F6N2O2. The lowest BCUT2D eigenvalue weighted by atomic mass is 9.86. The number of methoxy groups -OCH3 is 1. The second-order valence-electron chi connectivity index (χ2n) is 9.47. The van der Waals surface area contributed by atoms with Gasteiger partial charge in [-0.1, -0.05) is 43.2 Å². The van der Waals surface area contributed by atoms with Crippen LogP contribution in [0.3, 0.4) is 0 Å². The quantitative estimate of drug-likeness (QED) is 0.427. The highest BCUT2D eigenvalue weighted by molar-refractivity contribution is 5.99. The van der Waals surface area contributed by atoms with E-state index in [1.807, 2.05) is 13.8 Å². The topological polar surface area (TPSA) is 41.6 Å². The first-order valence-corrected chi connectivity index (χ1v) is 11.7. The number of likely N-dealkylation sites (tertiary alicyclic amines) is 1. The summed E-state index contributed by atoms with van der Waals surface area (Å²) in [4.78, 5) is 15.6. The van der Waals surface area contributed by atoms with Crippen molar-refractivity contribution in [2.45, 2.75) is 63.5 Å². The van der Waals surface area contributed by atoms with Crippen LogP contribution in [-0.2, 0) is 12.4 Å². The molecule has 1 heterocycles. The lowest BCUT2D eigenvalue weighted by Gasteiger charge is -2.44. The molecule has 10 heteroatoms. The lowest BCUT2D eigenvalue weighted by Crippen LogP contribution is -2.54. The van der Waals surface area contributed by atoms with Gasteiger partial charge < -0.3 is 10.1 Å². The van der Waals surface area contributed by atoms with E-state index in [9.17, 15) is 31.1 Å². The fraction of sp³-hybridized carbons (Fsp3) is 0.500. The maximum Gasteiger partial charge on any atom is 0.417 e. The average molecular weight is 517 g/mol. The number of rotatable bonds is 6. The van der Waals surface area contributed by atoms with Crippen molar-refractivity contribution in [1.82, 2.24) is 10.2 Å². The first kappa shape index (κ1) is 27.8. The molecule has 2 aromatic rings. The fourth-order valence-electron chi connectivity index (χ4n) is 4.74. The van der Waals surface area contributed by atoms with E-state index in [4.69, 9.17) is 4.74 Å². The third kappa shape index (κ3) is 6.14. The average Bonchev–Trinajstić information content (AvgIpc) is 3.11. The highest BCUT2D eigenvalue weighted by Gasteiger charge is 2.43. The molecular weight excluding hydrogens is 486 g/mol. The minimum atomic E-state index is -5.22. The van der Waals surface area contributed by atoms with E-state index in [1.165, 1.54) is 0 Å². The van der Waals surface area contributed by atoms with Crippen molar-refractivity contribution in [3.05, 3.63) is 64.7 Å². The first-order chi connectivity index (χ1) is 16.8. The Hall–Kier alpha value is -2.75. The van der Waals surface area contributed by atoms with Crippen LogP contribution < -0.4 is 10.1 Å². The summed E-state index contributed by atoms with van der Waals surface area (Å²) in [6, 6.07) is 8.44. The van der Waals surface area contributed by atoms with Crippen molar-refractivity contribution in [1.29, 1.82) is 0 Å². The molecule has 4 nitrogen and oxygen atoms in total. The zero-order valence-electron chi connectivity index (χ0n) is 20.4. The van der Waals surface area contributed by atoms with Crippen LogP contribution in [0.4, 0.5) is 26.3 Å². The maximum absolute atomic E-state index is 13.9. The van der Waals surface area contributed by atoms with E-state index in [0.717, 1.165) is 45.9 Å². The summed E-state index contributed by atoms with van der Waals surface area (Å²) in [5.41, 5.74) is -4.28. The number of nitrogens with one attached hydrogen (secondary N) is 1. The Labute approximate surface area is 206 Å². The molecule has 1 N–H and O–H groups in total. The number of carbonyl (C=O) groups excluding carboxylic acids is 1. The molecule has 1 aliphatic heterocycles. The highest BCUT2D eigenvalue weighted by Crippen LogP contribution is 2.42. The third-order valence-corrected chi connectivity index (χ3v) is 6.72. The van der Waals surface area contributed by atoms with Crippen molar-refractivity contribution >= 4 is 5.91 Å². The predicted octanol–water partition coefficient (Wildman–Crippen LogP) is 6.86. The summed E-state index contributed by atoms with van der Waals surface area (Å²) >= 11 is 0. The van der Waals surface area contributed by atoms with Gasteiger partial charge in [-0.05, 0) is 57.5 Å². The van der Waals surface area contributed by atoms with Crippen molar-refractivity contribution in [3.8, 4) is 5.75 Å². The van der Waals surface area contributed by atoms with Gasteiger partial charge in [-0.15, -0.1) is 0 Å². The first-order valence-electron chi connectivity index (χ1n) is 11.7. The number of ether oxygens (including phenoxy) is 1.